The van der Waals surface area contributed by atoms with Gasteiger partial charge >= 0.3 is 0 Å². The van der Waals surface area contributed by atoms with E-state index in [1.807, 2.05) is 43.3 Å². The Labute approximate surface area is 191 Å². The fourth-order valence-corrected chi connectivity index (χ4v) is 4.48. The van der Waals surface area contributed by atoms with E-state index in [0.29, 0.717) is 18.0 Å². The lowest BCUT2D eigenvalue weighted by atomic mass is 10.0. The van der Waals surface area contributed by atoms with Crippen molar-refractivity contribution in [3.05, 3.63) is 69.7 Å². The van der Waals surface area contributed by atoms with Crippen LogP contribution in [0, 0.1) is 13.8 Å². The fraction of sp³-hybridized carbons (Fsp3) is 0.462. The second-order valence-electron chi connectivity index (χ2n) is 8.62. The van der Waals surface area contributed by atoms with Crippen molar-refractivity contribution in [2.75, 3.05) is 0 Å². The molecule has 1 aliphatic carbocycles. The van der Waals surface area contributed by atoms with Gasteiger partial charge in [-0.15, -0.1) is 0 Å². The Hall–Kier alpha value is -2.33. The highest BCUT2D eigenvalue weighted by atomic mass is 35.5. The quantitative estimate of drug-likeness (QED) is 0.600. The summed E-state index contributed by atoms with van der Waals surface area (Å²) < 4.78 is 0. The Morgan fingerprint density at radius 1 is 1.10 bits per heavy atom. The summed E-state index contributed by atoms with van der Waals surface area (Å²) in [6.45, 7) is 6.39. The molecule has 2 amide bonds. The molecule has 2 aromatic rings. The van der Waals surface area contributed by atoms with E-state index in [-0.39, 0.29) is 24.3 Å². The van der Waals surface area contributed by atoms with Crippen LogP contribution in [-0.2, 0) is 22.6 Å². The van der Waals surface area contributed by atoms with Crippen molar-refractivity contribution in [2.45, 2.75) is 77.9 Å². The van der Waals surface area contributed by atoms with Crippen LogP contribution in [0.5, 0.6) is 0 Å². The van der Waals surface area contributed by atoms with Crippen LogP contribution in [-0.4, -0.2) is 28.8 Å². The maximum absolute atomic E-state index is 13.5. The number of hydrogen-bond acceptors (Lipinski definition) is 2. The zero-order valence-electron chi connectivity index (χ0n) is 18.8. The molecule has 0 bridgehead atoms. The van der Waals surface area contributed by atoms with E-state index < -0.39 is 6.04 Å². The summed E-state index contributed by atoms with van der Waals surface area (Å²) in [6, 6.07) is 13.3. The highest BCUT2D eigenvalue weighted by Crippen LogP contribution is 2.22. The number of amides is 2. The van der Waals surface area contributed by atoms with Crippen molar-refractivity contribution in [3.8, 4) is 0 Å². The maximum atomic E-state index is 13.5. The normalized spacial score (nSPS) is 15.0. The lowest BCUT2D eigenvalue weighted by molar-refractivity contribution is -0.141. The van der Waals surface area contributed by atoms with Crippen LogP contribution in [0.2, 0.25) is 5.02 Å². The molecule has 1 atom stereocenters. The van der Waals surface area contributed by atoms with Crippen LogP contribution in [0.3, 0.4) is 0 Å². The number of nitrogens with one attached hydrogen (secondary N) is 1. The summed E-state index contributed by atoms with van der Waals surface area (Å²) in [5.74, 6) is -0.119. The topological polar surface area (TPSA) is 49.4 Å². The van der Waals surface area contributed by atoms with Crippen molar-refractivity contribution < 1.29 is 9.59 Å². The molecule has 4 nitrogen and oxygen atoms in total. The molecular weight excluding hydrogens is 408 g/mol. The van der Waals surface area contributed by atoms with Gasteiger partial charge in [0, 0.05) is 17.6 Å². The van der Waals surface area contributed by atoms with Crippen LogP contribution >= 0.6 is 11.6 Å². The van der Waals surface area contributed by atoms with Crippen LogP contribution < -0.4 is 5.32 Å². The molecular formula is C26H33ClN2O2. The molecule has 1 aliphatic rings. The molecule has 0 aliphatic heterocycles. The Morgan fingerprint density at radius 3 is 2.45 bits per heavy atom. The number of nitrogens with zero attached hydrogens (tertiary/aromatic N) is 1. The van der Waals surface area contributed by atoms with Crippen molar-refractivity contribution in [2.24, 2.45) is 0 Å². The van der Waals surface area contributed by atoms with E-state index in [4.69, 9.17) is 11.6 Å². The van der Waals surface area contributed by atoms with Crippen LogP contribution in [0.4, 0.5) is 0 Å². The van der Waals surface area contributed by atoms with Gasteiger partial charge in [-0.05, 0) is 61.4 Å². The predicted octanol–water partition coefficient (Wildman–Crippen LogP) is 5.37. The smallest absolute Gasteiger partial charge is 0.243 e. The zero-order chi connectivity index (χ0) is 22.4. The first kappa shape index (κ1) is 23.3. The number of carbonyl (C=O) groups excluding carboxylic acids is 2. The minimum atomic E-state index is -0.518. The molecule has 0 heterocycles. The van der Waals surface area contributed by atoms with Gasteiger partial charge in [-0.2, -0.15) is 0 Å². The van der Waals surface area contributed by atoms with E-state index in [2.05, 4.69) is 25.2 Å². The maximum Gasteiger partial charge on any atom is 0.243 e. The molecule has 1 N–H and O–H groups in total. The van der Waals surface area contributed by atoms with Crippen molar-refractivity contribution in [1.82, 2.24) is 10.2 Å². The van der Waals surface area contributed by atoms with Gasteiger partial charge in [-0.3, -0.25) is 9.59 Å². The molecule has 2 aromatic carbocycles. The second-order valence-corrected chi connectivity index (χ2v) is 9.03. The highest BCUT2D eigenvalue weighted by molar-refractivity contribution is 6.31. The molecule has 3 rings (SSSR count). The average Bonchev–Trinajstić information content (AvgIpc) is 3.25. The standard InChI is InChI=1S/C26H33ClN2O2/c1-4-24(26(31)28-22-10-6-7-11-22)29(17-21-9-5-8-12-23(21)27)25(30)16-20-14-13-18(2)19(3)15-20/h5,8-9,12-15,22,24H,4,6-7,10-11,16-17H2,1-3H3,(H,28,31). The van der Waals surface area contributed by atoms with E-state index in [0.717, 1.165) is 42.4 Å². The fourth-order valence-electron chi connectivity index (χ4n) is 4.29. The molecule has 0 spiro atoms. The minimum absolute atomic E-state index is 0.0587. The van der Waals surface area contributed by atoms with Gasteiger partial charge in [-0.1, -0.05) is 67.8 Å². The Kier molecular flexibility index (Phi) is 8.14. The third-order valence-corrected chi connectivity index (χ3v) is 6.68. The first-order valence-electron chi connectivity index (χ1n) is 11.3. The summed E-state index contributed by atoms with van der Waals surface area (Å²) >= 11 is 6.40. The highest BCUT2D eigenvalue weighted by Gasteiger charge is 2.31. The Morgan fingerprint density at radius 2 is 1.81 bits per heavy atom. The van der Waals surface area contributed by atoms with Gasteiger partial charge in [0.05, 0.1) is 6.42 Å². The monoisotopic (exact) mass is 440 g/mol. The van der Waals surface area contributed by atoms with Gasteiger partial charge < -0.3 is 10.2 Å². The van der Waals surface area contributed by atoms with Crippen LogP contribution in [0.15, 0.2) is 42.5 Å². The van der Waals surface area contributed by atoms with Gasteiger partial charge in [0.1, 0.15) is 6.04 Å². The van der Waals surface area contributed by atoms with Gasteiger partial charge in [0.15, 0.2) is 0 Å². The number of rotatable bonds is 8. The Bertz CT molecular complexity index is 921. The SMILES string of the molecule is CCC(C(=O)NC1CCCC1)N(Cc1ccccc1Cl)C(=O)Cc1ccc(C)c(C)c1. The third-order valence-electron chi connectivity index (χ3n) is 6.31. The zero-order valence-corrected chi connectivity index (χ0v) is 19.5. The summed E-state index contributed by atoms with van der Waals surface area (Å²) in [5.41, 5.74) is 4.17. The van der Waals surface area contributed by atoms with Crippen molar-refractivity contribution in [3.63, 3.8) is 0 Å². The molecule has 1 fully saturated rings. The third kappa shape index (κ3) is 6.10. The lowest BCUT2D eigenvalue weighted by Crippen LogP contribution is -2.51. The predicted molar refractivity (Wildman–Crippen MR) is 126 cm³/mol. The number of hydrogen-bond donors (Lipinski definition) is 1. The molecule has 166 valence electrons. The van der Waals surface area contributed by atoms with Crippen molar-refractivity contribution in [1.29, 1.82) is 0 Å². The molecule has 1 saturated carbocycles. The Balaban J connectivity index is 1.84. The summed E-state index contributed by atoms with van der Waals surface area (Å²) in [4.78, 5) is 28.3. The van der Waals surface area contributed by atoms with Crippen LogP contribution in [0.25, 0.3) is 0 Å². The average molecular weight is 441 g/mol. The van der Waals surface area contributed by atoms with Crippen LogP contribution in [0.1, 0.15) is 61.3 Å². The first-order chi connectivity index (χ1) is 14.9. The van der Waals surface area contributed by atoms with E-state index in [9.17, 15) is 9.59 Å². The lowest BCUT2D eigenvalue weighted by Gasteiger charge is -2.32. The number of aryl methyl sites for hydroxylation is 2. The number of carbonyl (C=O) groups is 2. The summed E-state index contributed by atoms with van der Waals surface area (Å²) in [5, 5.41) is 3.79. The number of halogens is 1. The molecule has 0 saturated heterocycles. The van der Waals surface area contributed by atoms with E-state index in [1.54, 1.807) is 4.90 Å². The summed E-state index contributed by atoms with van der Waals surface area (Å²) in [7, 11) is 0. The molecule has 5 heteroatoms. The van der Waals surface area contributed by atoms with Gasteiger partial charge in [0.2, 0.25) is 11.8 Å². The second kappa shape index (κ2) is 10.8. The van der Waals surface area contributed by atoms with E-state index >= 15 is 0 Å². The summed E-state index contributed by atoms with van der Waals surface area (Å²) in [6.07, 6.45) is 5.15. The first-order valence-corrected chi connectivity index (χ1v) is 11.7. The molecule has 31 heavy (non-hydrogen) atoms. The van der Waals surface area contributed by atoms with E-state index in [1.165, 1.54) is 5.56 Å². The van der Waals surface area contributed by atoms with Gasteiger partial charge in [0.25, 0.3) is 0 Å². The molecule has 0 aromatic heterocycles. The molecule has 0 radical (unpaired) electrons. The van der Waals surface area contributed by atoms with Crippen molar-refractivity contribution >= 4 is 23.4 Å². The number of benzene rings is 2. The minimum Gasteiger partial charge on any atom is -0.352 e. The molecule has 1 unspecified atom stereocenters. The van der Waals surface area contributed by atoms with Gasteiger partial charge in [-0.25, -0.2) is 0 Å². The largest absolute Gasteiger partial charge is 0.352 e.